The zero-order valence-corrected chi connectivity index (χ0v) is 15.6. The Balaban J connectivity index is 6.04. The van der Waals surface area contributed by atoms with Crippen molar-refractivity contribution in [3.63, 3.8) is 0 Å². The van der Waals surface area contributed by atoms with Crippen LogP contribution in [-0.4, -0.2) is 65.7 Å². The lowest BCUT2D eigenvalue weighted by molar-refractivity contribution is -0.144. The lowest BCUT2D eigenvalue weighted by atomic mass is 10.1. The van der Waals surface area contributed by atoms with Gasteiger partial charge in [0.25, 0.3) is 0 Å². The van der Waals surface area contributed by atoms with E-state index in [1.807, 2.05) is 0 Å². The van der Waals surface area contributed by atoms with E-state index >= 15 is 0 Å². The van der Waals surface area contributed by atoms with Crippen molar-refractivity contribution in [2.45, 2.75) is 30.4 Å². The summed E-state index contributed by atoms with van der Waals surface area (Å²) in [6.07, 6.45) is 1.29. The van der Waals surface area contributed by atoms with E-state index in [1.54, 1.807) is 0 Å². The number of hydrogen-bond acceptors (Lipinski definition) is 5. The van der Waals surface area contributed by atoms with Crippen LogP contribution in [0.4, 0.5) is 0 Å². The highest BCUT2D eigenvalue weighted by Gasteiger charge is 2.47. The first-order valence-electron chi connectivity index (χ1n) is 7.18. The molecule has 12 nitrogen and oxygen atoms in total. The normalized spacial score (nSPS) is 15.7. The number of nitrogens with zero attached hydrogens (tertiary/aromatic N) is 2. The number of carbonyl (C=O) groups is 1. The summed E-state index contributed by atoms with van der Waals surface area (Å²) in [4.78, 5) is 53.8. The minimum absolute atomic E-state index is 0.0171. The van der Waals surface area contributed by atoms with Crippen LogP contribution in [0.2, 0.25) is 0 Å². The highest BCUT2D eigenvalue weighted by molar-refractivity contribution is 7.53. The van der Waals surface area contributed by atoms with Gasteiger partial charge in [-0.1, -0.05) is 12.2 Å². The summed E-state index contributed by atoms with van der Waals surface area (Å²) in [5, 5.41) is 9.47. The zero-order valence-electron chi connectivity index (χ0n) is 13.8. The Morgan fingerprint density at radius 2 is 1.50 bits per heavy atom. The molecule has 0 aromatic rings. The average Bonchev–Trinajstić information content (AvgIpc) is 2.44. The monoisotopic (exact) mass is 414 g/mol. The summed E-state index contributed by atoms with van der Waals surface area (Å²) < 4.78 is 23.5. The topological polar surface area (TPSA) is 220 Å². The van der Waals surface area contributed by atoms with E-state index in [1.165, 1.54) is 0 Å². The third kappa shape index (κ3) is 7.38. The summed E-state index contributed by atoms with van der Waals surface area (Å²) in [6.45, 7) is 6.50. The quantitative estimate of drug-likeness (QED) is 0.0687. The first-order valence-corrected chi connectivity index (χ1v) is 10.5. The Morgan fingerprint density at radius 1 is 1.08 bits per heavy atom. The molecule has 0 rings (SSSR count). The molecule has 0 fully saturated rings. The van der Waals surface area contributed by atoms with E-state index in [9.17, 15) is 38.6 Å². The maximum atomic E-state index is 11.7. The lowest BCUT2D eigenvalue weighted by Gasteiger charge is -2.39. The molecule has 0 heterocycles. The van der Waals surface area contributed by atoms with Crippen LogP contribution in [0.25, 0.3) is 0 Å². The summed E-state index contributed by atoms with van der Waals surface area (Å²) in [7, 11) is -10.1. The number of hydrogen-bond donors (Lipinski definition) is 7. The van der Waals surface area contributed by atoms with E-state index in [2.05, 4.69) is 18.2 Å². The molecule has 14 heteroatoms. The number of carboxylic acids is 1. The molecule has 3 unspecified atom stereocenters. The molecule has 0 saturated carbocycles. The predicted molar refractivity (Wildman–Crippen MR) is 95.2 cm³/mol. The van der Waals surface area contributed by atoms with Crippen LogP contribution in [0.1, 0.15) is 12.8 Å². The van der Waals surface area contributed by atoms with Gasteiger partial charge in [-0.2, -0.15) is 0 Å². The van der Waals surface area contributed by atoms with Crippen molar-refractivity contribution >= 4 is 27.1 Å². The number of aliphatic imine (C=N–C) groups is 1. The lowest BCUT2D eigenvalue weighted by Crippen LogP contribution is -2.51. The van der Waals surface area contributed by atoms with Gasteiger partial charge in [-0.25, -0.2) is 0 Å². The van der Waals surface area contributed by atoms with E-state index < -0.39 is 38.8 Å². The maximum Gasteiger partial charge on any atom is 0.346 e. The van der Waals surface area contributed by atoms with Gasteiger partial charge in [0, 0.05) is 6.54 Å². The van der Waals surface area contributed by atoms with E-state index in [0.717, 1.165) is 12.2 Å². The highest BCUT2D eigenvalue weighted by Crippen LogP contribution is 2.52. The molecule has 150 valence electrons. The standard InChI is InChI=1S/C12H24N4O8P2/c1-3-9(25(19,20)21)16(10(4-2)26(22,23)24)8(11(17)18)6-5-7-15-12(13)14/h3-4,8-10H,1-2,5-7H2,(H,17,18)(H4,13,14,15)(H2,19,20,21)(H2,22,23,24). The fraction of sp³-hybridized carbons (Fsp3) is 0.500. The van der Waals surface area contributed by atoms with E-state index in [4.69, 9.17) is 11.5 Å². The summed E-state index contributed by atoms with van der Waals surface area (Å²) in [5.41, 5.74) is 10.3. The third-order valence-corrected chi connectivity index (χ3v) is 5.63. The molecule has 0 aromatic carbocycles. The van der Waals surface area contributed by atoms with Crippen molar-refractivity contribution < 1.29 is 38.6 Å². The van der Waals surface area contributed by atoms with Crippen molar-refractivity contribution in [1.82, 2.24) is 4.90 Å². The minimum atomic E-state index is -5.03. The molecule has 9 N–H and O–H groups in total. The number of aliphatic carboxylic acids is 1. The largest absolute Gasteiger partial charge is 0.480 e. The van der Waals surface area contributed by atoms with Crippen LogP contribution < -0.4 is 11.5 Å². The Morgan fingerprint density at radius 3 is 1.77 bits per heavy atom. The van der Waals surface area contributed by atoms with Crippen LogP contribution in [0.15, 0.2) is 30.3 Å². The van der Waals surface area contributed by atoms with Crippen LogP contribution in [0.5, 0.6) is 0 Å². The molecule has 0 aromatic heterocycles. The van der Waals surface area contributed by atoms with Crippen molar-refractivity contribution in [2.75, 3.05) is 6.54 Å². The Kier molecular flexibility index (Phi) is 9.40. The molecular formula is C12H24N4O8P2. The van der Waals surface area contributed by atoms with Gasteiger partial charge in [0.1, 0.15) is 17.6 Å². The number of nitrogens with two attached hydrogens (primary N) is 2. The third-order valence-electron chi connectivity index (χ3n) is 3.30. The SMILES string of the molecule is C=CC(N(C(CCCN=C(N)N)C(=O)O)C(C=C)P(=O)(O)O)P(=O)(O)O. The molecular weight excluding hydrogens is 390 g/mol. The van der Waals surface area contributed by atoms with Gasteiger partial charge >= 0.3 is 21.2 Å². The molecule has 26 heavy (non-hydrogen) atoms. The number of guanidine groups is 1. The first-order chi connectivity index (χ1) is 11.8. The number of carboxylic acid groups (broad SMARTS) is 1. The molecule has 0 aliphatic carbocycles. The van der Waals surface area contributed by atoms with Crippen LogP contribution >= 0.6 is 15.2 Å². The Bertz CT molecular complexity index is 605. The van der Waals surface area contributed by atoms with E-state index in [0.29, 0.717) is 4.90 Å². The second-order valence-corrected chi connectivity index (χ2v) is 8.64. The molecule has 0 spiro atoms. The van der Waals surface area contributed by atoms with Gasteiger partial charge in [0.05, 0.1) is 0 Å². The Labute approximate surface area is 150 Å². The van der Waals surface area contributed by atoms with Crippen molar-refractivity contribution in [3.8, 4) is 0 Å². The van der Waals surface area contributed by atoms with Crippen molar-refractivity contribution in [1.29, 1.82) is 0 Å². The summed E-state index contributed by atoms with van der Waals surface area (Å²) in [6, 6.07) is -1.67. The average molecular weight is 414 g/mol. The molecule has 0 aliphatic heterocycles. The maximum absolute atomic E-state index is 11.7. The molecule has 0 bridgehead atoms. The Hall–Kier alpha value is -1.52. The molecule has 0 amide bonds. The van der Waals surface area contributed by atoms with Crippen molar-refractivity contribution in [3.05, 3.63) is 25.3 Å². The molecule has 0 aliphatic rings. The fourth-order valence-corrected chi connectivity index (χ4v) is 4.24. The first kappa shape index (κ1) is 24.5. The minimum Gasteiger partial charge on any atom is -0.480 e. The smallest absolute Gasteiger partial charge is 0.346 e. The summed E-state index contributed by atoms with van der Waals surface area (Å²) in [5.74, 6) is -5.69. The van der Waals surface area contributed by atoms with Gasteiger partial charge in [-0.05, 0) is 12.8 Å². The zero-order chi connectivity index (χ0) is 20.7. The predicted octanol–water partition coefficient (Wildman–Crippen LogP) is -0.825. The van der Waals surface area contributed by atoms with Gasteiger partial charge in [0.2, 0.25) is 0 Å². The second kappa shape index (κ2) is 9.98. The van der Waals surface area contributed by atoms with E-state index in [-0.39, 0.29) is 25.3 Å². The van der Waals surface area contributed by atoms with Gasteiger partial charge in [-0.15, -0.1) is 13.2 Å². The summed E-state index contributed by atoms with van der Waals surface area (Å²) >= 11 is 0. The van der Waals surface area contributed by atoms with Crippen molar-refractivity contribution in [2.24, 2.45) is 16.5 Å². The van der Waals surface area contributed by atoms with Crippen LogP contribution in [0, 0.1) is 0 Å². The molecule has 3 atom stereocenters. The van der Waals surface area contributed by atoms with Gasteiger partial charge < -0.3 is 36.1 Å². The second-order valence-electron chi connectivity index (χ2n) is 5.23. The number of rotatable bonds is 12. The highest BCUT2D eigenvalue weighted by atomic mass is 31.2. The van der Waals surface area contributed by atoms with Gasteiger partial charge in [0.15, 0.2) is 5.96 Å². The molecule has 0 radical (unpaired) electrons. The van der Waals surface area contributed by atoms with Crippen LogP contribution in [0.3, 0.4) is 0 Å². The van der Waals surface area contributed by atoms with Gasteiger partial charge in [-0.3, -0.25) is 23.8 Å². The van der Waals surface area contributed by atoms with Crippen LogP contribution in [-0.2, 0) is 13.9 Å². The molecule has 0 saturated heterocycles. The fourth-order valence-electron chi connectivity index (χ4n) is 2.28.